The highest BCUT2D eigenvalue weighted by atomic mass is 15.0. The lowest BCUT2D eigenvalue weighted by molar-refractivity contribution is 0.763. The second kappa shape index (κ2) is 11.7. The third-order valence-corrected chi connectivity index (χ3v) is 11.8. The van der Waals surface area contributed by atoms with E-state index in [0.29, 0.717) is 0 Å². The van der Waals surface area contributed by atoms with Gasteiger partial charge >= 0.3 is 0 Å². The van der Waals surface area contributed by atoms with E-state index in [1.54, 1.807) is 0 Å². The Kier molecular flexibility index (Phi) is 6.63. The molecule has 0 radical (unpaired) electrons. The lowest BCUT2D eigenvalue weighted by atomic mass is 9.67. The van der Waals surface area contributed by atoms with E-state index in [0.717, 1.165) is 13.1 Å². The number of aromatic nitrogens is 2. The van der Waals surface area contributed by atoms with Gasteiger partial charge in [-0.05, 0) is 68.8 Å². The van der Waals surface area contributed by atoms with Gasteiger partial charge in [0.05, 0.1) is 5.41 Å². The molecule has 2 nitrogen and oxygen atoms in total. The van der Waals surface area contributed by atoms with Crippen molar-refractivity contribution in [2.75, 3.05) is 0 Å². The van der Waals surface area contributed by atoms with Crippen LogP contribution in [0.25, 0.3) is 54.7 Å². The molecule has 1 aliphatic rings. The van der Waals surface area contributed by atoms with Crippen molar-refractivity contribution in [3.8, 4) is 11.1 Å². The van der Waals surface area contributed by atoms with Crippen molar-refractivity contribution in [3.05, 3.63) is 228 Å². The zero-order chi connectivity index (χ0) is 34.9. The van der Waals surface area contributed by atoms with E-state index in [1.165, 1.54) is 88.1 Å². The predicted octanol–water partition coefficient (Wildman–Crippen LogP) is 12.4. The van der Waals surface area contributed by atoms with Crippen LogP contribution in [0, 0.1) is 0 Å². The van der Waals surface area contributed by atoms with Gasteiger partial charge in [0.15, 0.2) is 0 Å². The third kappa shape index (κ3) is 4.39. The summed E-state index contributed by atoms with van der Waals surface area (Å²) >= 11 is 0. The summed E-state index contributed by atoms with van der Waals surface area (Å²) in [5.74, 6) is 0. The number of hydrogen-bond acceptors (Lipinski definition) is 0. The minimum Gasteiger partial charge on any atom is -0.336 e. The van der Waals surface area contributed by atoms with Crippen LogP contribution in [0.2, 0.25) is 0 Å². The maximum Gasteiger partial charge on any atom is 0.0713 e. The molecule has 0 saturated carbocycles. The van der Waals surface area contributed by atoms with Gasteiger partial charge in [-0.25, -0.2) is 0 Å². The second-order valence-corrected chi connectivity index (χ2v) is 14.5. The van der Waals surface area contributed by atoms with Crippen molar-refractivity contribution in [2.24, 2.45) is 0 Å². The number of nitrogens with zero attached hydrogens (tertiary/aromatic N) is 2. The molecule has 0 atom stereocenters. The van der Waals surface area contributed by atoms with Gasteiger partial charge in [0.1, 0.15) is 0 Å². The monoisotopic (exact) mass is 676 g/mol. The van der Waals surface area contributed by atoms with Crippen LogP contribution in [-0.4, -0.2) is 9.13 Å². The number of para-hydroxylation sites is 4. The van der Waals surface area contributed by atoms with Crippen molar-refractivity contribution in [1.29, 1.82) is 0 Å². The molecule has 0 aliphatic heterocycles. The van der Waals surface area contributed by atoms with Crippen molar-refractivity contribution < 1.29 is 0 Å². The Labute approximate surface area is 308 Å². The fraction of sp³-hybridized carbons (Fsp3) is 0.0588. The smallest absolute Gasteiger partial charge is 0.0713 e. The molecule has 0 unspecified atom stereocenters. The number of fused-ring (bicyclic) bond motifs is 9. The largest absolute Gasteiger partial charge is 0.336 e. The van der Waals surface area contributed by atoms with Crippen LogP contribution < -0.4 is 0 Å². The molecule has 0 fully saturated rings. The SMILES string of the molecule is c1ccc2c(c1)-c1ccccc1C2(c1ccc(Cn2c3ccccc3c3ccccc32)cc1)c1ccc(Cn2c3ccccc3c3ccccc32)cc1. The van der Waals surface area contributed by atoms with E-state index in [2.05, 4.69) is 203 Å². The van der Waals surface area contributed by atoms with E-state index < -0.39 is 5.41 Å². The molecule has 2 heterocycles. The van der Waals surface area contributed by atoms with Gasteiger partial charge in [-0.3, -0.25) is 0 Å². The molecule has 53 heavy (non-hydrogen) atoms. The Morgan fingerprint density at radius 3 is 0.962 bits per heavy atom. The van der Waals surface area contributed by atoms with Crippen LogP contribution >= 0.6 is 0 Å². The summed E-state index contributed by atoms with van der Waals surface area (Å²) in [7, 11) is 0. The lowest BCUT2D eigenvalue weighted by Gasteiger charge is -2.34. The van der Waals surface area contributed by atoms with E-state index >= 15 is 0 Å². The Hall–Kier alpha value is -6.64. The minimum absolute atomic E-state index is 0.441. The fourth-order valence-corrected chi connectivity index (χ4v) is 9.46. The van der Waals surface area contributed by atoms with Gasteiger partial charge in [-0.2, -0.15) is 0 Å². The molecule has 1 aliphatic carbocycles. The molecule has 250 valence electrons. The van der Waals surface area contributed by atoms with Gasteiger partial charge in [-0.15, -0.1) is 0 Å². The number of benzene rings is 8. The topological polar surface area (TPSA) is 9.86 Å². The van der Waals surface area contributed by atoms with Crippen molar-refractivity contribution in [1.82, 2.24) is 9.13 Å². The molecule has 8 aromatic carbocycles. The molecule has 11 rings (SSSR count). The maximum absolute atomic E-state index is 2.46. The molecule has 0 saturated heterocycles. The van der Waals surface area contributed by atoms with Crippen molar-refractivity contribution in [3.63, 3.8) is 0 Å². The van der Waals surface area contributed by atoms with E-state index in [1.807, 2.05) is 0 Å². The quantitative estimate of drug-likeness (QED) is 0.166. The van der Waals surface area contributed by atoms with E-state index in [-0.39, 0.29) is 0 Å². The molecular weight excluding hydrogens is 641 g/mol. The first-order chi connectivity index (χ1) is 26.3. The predicted molar refractivity (Wildman–Crippen MR) is 221 cm³/mol. The highest BCUT2D eigenvalue weighted by Gasteiger charge is 2.45. The Morgan fingerprint density at radius 2 is 0.604 bits per heavy atom. The van der Waals surface area contributed by atoms with Crippen LogP contribution in [0.5, 0.6) is 0 Å². The highest BCUT2D eigenvalue weighted by Crippen LogP contribution is 2.56. The molecule has 0 N–H and O–H groups in total. The molecule has 2 aromatic heterocycles. The summed E-state index contributed by atoms with van der Waals surface area (Å²) in [6.45, 7) is 1.62. The van der Waals surface area contributed by atoms with Crippen LogP contribution in [0.3, 0.4) is 0 Å². The van der Waals surface area contributed by atoms with Gasteiger partial charge in [0, 0.05) is 56.7 Å². The Morgan fingerprint density at radius 1 is 0.302 bits per heavy atom. The lowest BCUT2D eigenvalue weighted by Crippen LogP contribution is -2.28. The number of hydrogen-bond donors (Lipinski definition) is 0. The molecular formula is C51H36N2. The molecule has 0 bridgehead atoms. The van der Waals surface area contributed by atoms with E-state index in [9.17, 15) is 0 Å². The summed E-state index contributed by atoms with van der Waals surface area (Å²) < 4.78 is 4.93. The van der Waals surface area contributed by atoms with Gasteiger partial charge in [-0.1, -0.05) is 170 Å². The zero-order valence-corrected chi connectivity index (χ0v) is 29.3. The molecule has 10 aromatic rings. The summed E-state index contributed by atoms with van der Waals surface area (Å²) in [5, 5.41) is 5.22. The molecule has 2 heteroatoms. The first-order valence-electron chi connectivity index (χ1n) is 18.6. The first kappa shape index (κ1) is 30.0. The first-order valence-corrected chi connectivity index (χ1v) is 18.6. The van der Waals surface area contributed by atoms with Crippen LogP contribution in [-0.2, 0) is 18.5 Å². The van der Waals surface area contributed by atoms with Gasteiger partial charge in [0.25, 0.3) is 0 Å². The minimum atomic E-state index is -0.441. The third-order valence-electron chi connectivity index (χ3n) is 11.8. The van der Waals surface area contributed by atoms with Crippen LogP contribution in [0.4, 0.5) is 0 Å². The van der Waals surface area contributed by atoms with Gasteiger partial charge in [0.2, 0.25) is 0 Å². The zero-order valence-electron chi connectivity index (χ0n) is 29.3. The molecule has 0 spiro atoms. The summed E-state index contributed by atoms with van der Waals surface area (Å²) in [6.07, 6.45) is 0. The Balaban J connectivity index is 1.03. The Bertz CT molecular complexity index is 2680. The second-order valence-electron chi connectivity index (χ2n) is 14.5. The summed E-state index contributed by atoms with van der Waals surface area (Å²) in [6, 6.07) is 72.0. The summed E-state index contributed by atoms with van der Waals surface area (Å²) in [5.41, 5.74) is 15.1. The van der Waals surface area contributed by atoms with Crippen LogP contribution in [0.1, 0.15) is 33.4 Å². The standard InChI is InChI=1S/C51H36N2/c1-7-19-45-39(13-1)40-14-2-8-20-46(40)51(45,37-29-25-35(26-30-37)33-52-47-21-9-3-15-41(47)42-16-4-10-22-48(42)52)38-31-27-36(28-32-38)34-53-49-23-11-5-17-43(49)44-18-6-12-24-50(44)53/h1-32H,33-34H2. The van der Waals surface area contributed by atoms with Crippen LogP contribution in [0.15, 0.2) is 194 Å². The van der Waals surface area contributed by atoms with Gasteiger partial charge < -0.3 is 9.13 Å². The average molecular weight is 677 g/mol. The summed E-state index contributed by atoms with van der Waals surface area (Å²) in [4.78, 5) is 0. The fourth-order valence-electron chi connectivity index (χ4n) is 9.46. The van der Waals surface area contributed by atoms with Crippen molar-refractivity contribution >= 4 is 43.6 Å². The molecule has 0 amide bonds. The normalized spacial score (nSPS) is 13.2. The highest BCUT2D eigenvalue weighted by molar-refractivity contribution is 6.09. The average Bonchev–Trinajstić information content (AvgIpc) is 3.83. The maximum atomic E-state index is 2.46. The van der Waals surface area contributed by atoms with Crippen molar-refractivity contribution in [2.45, 2.75) is 18.5 Å². The van der Waals surface area contributed by atoms with E-state index in [4.69, 9.17) is 0 Å². The number of rotatable bonds is 6.